The number of ether oxygens (including phenoxy) is 6. The van der Waals surface area contributed by atoms with Crippen LogP contribution >= 0.6 is 0 Å². The van der Waals surface area contributed by atoms with Crippen LogP contribution in [0.1, 0.15) is 49.5 Å². The molecule has 1 aliphatic rings. The van der Waals surface area contributed by atoms with Crippen LogP contribution < -0.4 is 18.9 Å². The molecule has 0 aliphatic heterocycles. The zero-order valence-electron chi connectivity index (χ0n) is 21.6. The molecule has 1 aliphatic carbocycles. The first-order valence-electron chi connectivity index (χ1n) is 12.0. The second-order valence-electron chi connectivity index (χ2n) is 9.68. The Labute approximate surface area is 218 Å². The van der Waals surface area contributed by atoms with Gasteiger partial charge < -0.3 is 28.4 Å². The van der Waals surface area contributed by atoms with Gasteiger partial charge in [-0.05, 0) is 57.4 Å². The van der Waals surface area contributed by atoms with E-state index in [9.17, 15) is 22.8 Å². The zero-order chi connectivity index (χ0) is 27.9. The van der Waals surface area contributed by atoms with Crippen LogP contribution in [0.3, 0.4) is 0 Å². The molecule has 0 N–H and O–H groups in total. The molecule has 0 heterocycles. The molecule has 2 aromatic carbocycles. The van der Waals surface area contributed by atoms with Gasteiger partial charge in [0.25, 0.3) is 0 Å². The first-order chi connectivity index (χ1) is 17.9. The van der Waals surface area contributed by atoms with Gasteiger partial charge in [-0.2, -0.15) is 0 Å². The predicted octanol–water partition coefficient (Wildman–Crippen LogP) is 5.50. The summed E-state index contributed by atoms with van der Waals surface area (Å²) in [6.45, 7) is 5.51. The lowest BCUT2D eigenvalue weighted by atomic mass is 9.82. The Morgan fingerprint density at radius 3 is 2.24 bits per heavy atom. The monoisotopic (exact) mass is 540 g/mol. The third-order valence-electron chi connectivity index (χ3n) is 5.51. The van der Waals surface area contributed by atoms with Crippen molar-refractivity contribution in [3.8, 4) is 23.0 Å². The number of esters is 1. The fraction of sp³-hybridized carbons (Fsp3) is 0.481. The zero-order valence-corrected chi connectivity index (χ0v) is 21.6. The Balaban J connectivity index is 1.59. The Morgan fingerprint density at radius 1 is 0.974 bits per heavy atom. The fourth-order valence-corrected chi connectivity index (χ4v) is 3.62. The van der Waals surface area contributed by atoms with Crippen molar-refractivity contribution >= 4 is 12.3 Å². The summed E-state index contributed by atoms with van der Waals surface area (Å²) in [6, 6.07) is 8.87. The highest BCUT2D eigenvalue weighted by atomic mass is 19.4. The van der Waals surface area contributed by atoms with Crippen molar-refractivity contribution in [2.75, 3.05) is 20.3 Å². The second-order valence-corrected chi connectivity index (χ2v) is 9.68. The van der Waals surface area contributed by atoms with E-state index in [1.165, 1.54) is 13.2 Å². The Morgan fingerprint density at radius 2 is 1.66 bits per heavy atom. The van der Waals surface area contributed by atoms with Gasteiger partial charge in [-0.3, -0.25) is 9.59 Å². The molecule has 1 fully saturated rings. The highest BCUT2D eigenvalue weighted by Crippen LogP contribution is 2.38. The van der Waals surface area contributed by atoms with E-state index in [0.29, 0.717) is 30.4 Å². The van der Waals surface area contributed by atoms with E-state index in [2.05, 4.69) is 4.74 Å². The lowest BCUT2D eigenvalue weighted by molar-refractivity contribution is -0.275. The highest BCUT2D eigenvalue weighted by molar-refractivity contribution is 5.81. The van der Waals surface area contributed by atoms with Gasteiger partial charge in [0.15, 0.2) is 17.8 Å². The molecule has 1 saturated carbocycles. The van der Waals surface area contributed by atoms with Gasteiger partial charge >= 0.3 is 12.3 Å². The number of alkyl halides is 3. The fourth-order valence-electron chi connectivity index (χ4n) is 3.62. The molecule has 0 saturated heterocycles. The van der Waals surface area contributed by atoms with E-state index in [0.717, 1.165) is 6.07 Å². The van der Waals surface area contributed by atoms with Gasteiger partial charge in [0.1, 0.15) is 30.3 Å². The summed E-state index contributed by atoms with van der Waals surface area (Å²) in [7, 11) is 1.51. The number of carbonyl (C=O) groups excluding carboxylic acids is 2. The molecule has 2 aromatic rings. The van der Waals surface area contributed by atoms with Crippen molar-refractivity contribution < 1.29 is 51.2 Å². The standard InChI is InChI=1S/C27H31F3O8/c1-26(2,3)38-25(32)18-11-21(12-18)34-9-10-35-22-14-23(24(13-19(22)15-31)37-27(28,29)30)36-16-17-5-7-20(33-4)8-6-17/h5-8,13-15,18,21H,9-12,16H2,1-4H3/t18-,21+. The van der Waals surface area contributed by atoms with Crippen LogP contribution in [0.4, 0.5) is 13.2 Å². The van der Waals surface area contributed by atoms with E-state index in [-0.39, 0.29) is 54.9 Å². The molecular formula is C27H31F3O8. The normalized spacial score (nSPS) is 17.2. The molecule has 38 heavy (non-hydrogen) atoms. The molecule has 0 atom stereocenters. The summed E-state index contributed by atoms with van der Waals surface area (Å²) in [6.07, 6.45) is -3.70. The number of carbonyl (C=O) groups is 2. The smallest absolute Gasteiger partial charge is 0.497 e. The van der Waals surface area contributed by atoms with Crippen molar-refractivity contribution in [2.24, 2.45) is 5.92 Å². The summed E-state index contributed by atoms with van der Waals surface area (Å²) in [5, 5.41) is 0. The molecule has 208 valence electrons. The number of rotatable bonds is 12. The van der Waals surface area contributed by atoms with Crippen LogP contribution in [0.15, 0.2) is 36.4 Å². The van der Waals surface area contributed by atoms with Crippen molar-refractivity contribution in [1.82, 2.24) is 0 Å². The summed E-state index contributed by atoms with van der Waals surface area (Å²) < 4.78 is 70.3. The van der Waals surface area contributed by atoms with E-state index in [1.807, 2.05) is 0 Å². The first-order valence-corrected chi connectivity index (χ1v) is 12.0. The van der Waals surface area contributed by atoms with Crippen LogP contribution in [0, 0.1) is 5.92 Å². The van der Waals surface area contributed by atoms with Crippen molar-refractivity contribution in [3.63, 3.8) is 0 Å². The van der Waals surface area contributed by atoms with E-state index in [4.69, 9.17) is 23.7 Å². The number of methoxy groups -OCH3 is 1. The van der Waals surface area contributed by atoms with Crippen LogP contribution in [0.5, 0.6) is 23.0 Å². The molecule has 0 spiro atoms. The molecule has 8 nitrogen and oxygen atoms in total. The SMILES string of the molecule is COc1ccc(COc2cc(OCCO[C@H]3C[C@@H](C(=O)OC(C)(C)C)C3)c(C=O)cc2OC(F)(F)F)cc1. The number of hydrogen-bond acceptors (Lipinski definition) is 8. The molecule has 11 heteroatoms. The average molecular weight is 541 g/mol. The van der Waals surface area contributed by atoms with E-state index >= 15 is 0 Å². The maximum absolute atomic E-state index is 13.0. The van der Waals surface area contributed by atoms with Crippen LogP contribution in [-0.2, 0) is 20.9 Å². The molecule has 0 amide bonds. The molecule has 0 radical (unpaired) electrons. The number of aldehydes is 1. The van der Waals surface area contributed by atoms with Gasteiger partial charge in [-0.1, -0.05) is 12.1 Å². The number of benzene rings is 2. The van der Waals surface area contributed by atoms with Gasteiger partial charge in [0.05, 0.1) is 31.3 Å². The Bertz CT molecular complexity index is 1090. The Kier molecular flexibility index (Phi) is 9.48. The second kappa shape index (κ2) is 12.4. The van der Waals surface area contributed by atoms with Crippen molar-refractivity contribution in [3.05, 3.63) is 47.5 Å². The maximum atomic E-state index is 13.0. The van der Waals surface area contributed by atoms with Gasteiger partial charge in [-0.25, -0.2) is 0 Å². The number of hydrogen-bond donors (Lipinski definition) is 0. The lowest BCUT2D eigenvalue weighted by Crippen LogP contribution is -2.40. The van der Waals surface area contributed by atoms with E-state index < -0.39 is 17.7 Å². The first kappa shape index (κ1) is 29.1. The summed E-state index contributed by atoms with van der Waals surface area (Å²) in [5.41, 5.74) is -0.0237. The molecule has 0 unspecified atom stereocenters. The molecule has 3 rings (SSSR count). The average Bonchev–Trinajstić information content (AvgIpc) is 2.80. The van der Waals surface area contributed by atoms with Gasteiger partial charge in [0.2, 0.25) is 0 Å². The van der Waals surface area contributed by atoms with E-state index in [1.54, 1.807) is 45.0 Å². The minimum absolute atomic E-state index is 0.0168. The molecule has 0 bridgehead atoms. The highest BCUT2D eigenvalue weighted by Gasteiger charge is 2.38. The number of halogens is 3. The third-order valence-corrected chi connectivity index (χ3v) is 5.51. The largest absolute Gasteiger partial charge is 0.573 e. The molecule has 0 aromatic heterocycles. The Hall–Kier alpha value is -3.47. The minimum Gasteiger partial charge on any atom is -0.497 e. The predicted molar refractivity (Wildman–Crippen MR) is 130 cm³/mol. The maximum Gasteiger partial charge on any atom is 0.573 e. The summed E-state index contributed by atoms with van der Waals surface area (Å²) in [4.78, 5) is 23.6. The quantitative estimate of drug-likeness (QED) is 0.198. The molecular weight excluding hydrogens is 509 g/mol. The van der Waals surface area contributed by atoms with Crippen molar-refractivity contribution in [2.45, 2.75) is 58.3 Å². The summed E-state index contributed by atoms with van der Waals surface area (Å²) >= 11 is 0. The van der Waals surface area contributed by atoms with Gasteiger partial charge in [-0.15, -0.1) is 13.2 Å². The minimum atomic E-state index is -4.99. The third kappa shape index (κ3) is 8.83. The summed E-state index contributed by atoms with van der Waals surface area (Å²) in [5.74, 6) is -0.757. The van der Waals surface area contributed by atoms with Gasteiger partial charge in [0, 0.05) is 6.07 Å². The van der Waals surface area contributed by atoms with Crippen molar-refractivity contribution in [1.29, 1.82) is 0 Å². The van der Waals surface area contributed by atoms with Crippen LogP contribution in [0.2, 0.25) is 0 Å². The lowest BCUT2D eigenvalue weighted by Gasteiger charge is -2.35. The topological polar surface area (TPSA) is 89.5 Å². The van der Waals surface area contributed by atoms with Crippen LogP contribution in [0.25, 0.3) is 0 Å². The van der Waals surface area contributed by atoms with Crippen LogP contribution in [-0.4, -0.2) is 50.6 Å².